The fourth-order valence-electron chi connectivity index (χ4n) is 8.50. The standard InChI is InChI=1S/C33H41NO8/c1-31-14-11-23(36)17-21(31)5-8-24-25-12-15-33(41,32(25,2)18-26(37)30(24)31)27(38)19-42-29(40)10-9-28(39)34-16-13-20-3-6-22(35)7-4-20/h3-4,6-7,17,24-25,30,35,41H,5,8-16,18-19H2,1-2H3,(H,34,39). The maximum absolute atomic E-state index is 13.7. The van der Waals surface area contributed by atoms with E-state index in [1.54, 1.807) is 30.3 Å². The van der Waals surface area contributed by atoms with Crippen LogP contribution < -0.4 is 5.32 Å². The van der Waals surface area contributed by atoms with Gasteiger partial charge < -0.3 is 20.3 Å². The minimum Gasteiger partial charge on any atom is -0.508 e. The normalized spacial score (nSPS) is 33.6. The summed E-state index contributed by atoms with van der Waals surface area (Å²) in [5.41, 5.74) is -1.06. The van der Waals surface area contributed by atoms with E-state index < -0.39 is 29.4 Å². The van der Waals surface area contributed by atoms with E-state index in [-0.39, 0.29) is 72.1 Å². The molecular formula is C33H41NO8. The lowest BCUT2D eigenvalue weighted by Gasteiger charge is -2.57. The maximum Gasteiger partial charge on any atom is 0.306 e. The van der Waals surface area contributed by atoms with Crippen molar-refractivity contribution in [1.82, 2.24) is 5.32 Å². The zero-order chi connectivity index (χ0) is 30.3. The average molecular weight is 580 g/mol. The van der Waals surface area contributed by atoms with Crippen molar-refractivity contribution in [3.8, 4) is 5.75 Å². The van der Waals surface area contributed by atoms with E-state index in [0.29, 0.717) is 32.2 Å². The molecule has 4 aliphatic carbocycles. The Labute approximate surface area is 246 Å². The number of ether oxygens (including phenoxy) is 1. The second-order valence-corrected chi connectivity index (χ2v) is 13.1. The molecule has 0 heterocycles. The summed E-state index contributed by atoms with van der Waals surface area (Å²) < 4.78 is 5.20. The van der Waals surface area contributed by atoms with Gasteiger partial charge in [0.25, 0.3) is 0 Å². The van der Waals surface area contributed by atoms with Gasteiger partial charge in [-0.15, -0.1) is 0 Å². The van der Waals surface area contributed by atoms with E-state index in [1.807, 2.05) is 6.92 Å². The van der Waals surface area contributed by atoms with Crippen LogP contribution in [0.5, 0.6) is 5.75 Å². The number of phenols is 1. The molecule has 1 amide bonds. The van der Waals surface area contributed by atoms with Crippen molar-refractivity contribution in [2.75, 3.05) is 13.2 Å². The van der Waals surface area contributed by atoms with Crippen molar-refractivity contribution < 1.29 is 38.9 Å². The summed E-state index contributed by atoms with van der Waals surface area (Å²) >= 11 is 0. The number of carbonyl (C=O) groups is 5. The average Bonchev–Trinajstić information content (AvgIpc) is 3.22. The molecule has 0 aromatic heterocycles. The lowest BCUT2D eigenvalue weighted by molar-refractivity contribution is -0.173. The molecule has 3 saturated carbocycles. The number of ketones is 3. The highest BCUT2D eigenvalue weighted by atomic mass is 16.5. The molecule has 4 aliphatic rings. The predicted molar refractivity (Wildman–Crippen MR) is 152 cm³/mol. The SMILES string of the molecule is CC12CCC(=O)C=C1CCC1C2C(=O)CC2(C)C1CCC2(O)C(=O)COC(=O)CCC(=O)NCCc1ccc(O)cc1. The van der Waals surface area contributed by atoms with E-state index in [0.717, 1.165) is 24.0 Å². The van der Waals surface area contributed by atoms with E-state index in [1.165, 1.54) is 0 Å². The summed E-state index contributed by atoms with van der Waals surface area (Å²) in [5.74, 6) is -1.50. The number of benzene rings is 1. The number of Topliss-reactive ketones (excluding diaryl/α,β-unsaturated/α-hetero) is 2. The van der Waals surface area contributed by atoms with E-state index in [9.17, 15) is 34.2 Å². The molecule has 0 bridgehead atoms. The molecular weight excluding hydrogens is 538 g/mol. The molecule has 0 aliphatic heterocycles. The van der Waals surface area contributed by atoms with Gasteiger partial charge in [-0.05, 0) is 79.5 Å². The highest BCUT2D eigenvalue weighted by molar-refractivity contribution is 5.95. The molecule has 226 valence electrons. The highest BCUT2D eigenvalue weighted by Gasteiger charge is 2.68. The molecule has 1 aromatic carbocycles. The number of aromatic hydroxyl groups is 1. The number of nitrogens with one attached hydrogen (secondary N) is 1. The van der Waals surface area contributed by atoms with Crippen molar-refractivity contribution >= 4 is 29.2 Å². The Morgan fingerprint density at radius 1 is 1.02 bits per heavy atom. The minimum atomic E-state index is -1.77. The Morgan fingerprint density at radius 3 is 2.50 bits per heavy atom. The number of carbonyl (C=O) groups excluding carboxylic acids is 5. The third kappa shape index (κ3) is 5.32. The van der Waals surface area contributed by atoms with Crippen LogP contribution in [0.3, 0.4) is 0 Å². The molecule has 9 nitrogen and oxygen atoms in total. The first kappa shape index (κ1) is 30.1. The van der Waals surface area contributed by atoms with Gasteiger partial charge in [0, 0.05) is 37.1 Å². The van der Waals surface area contributed by atoms with E-state index in [4.69, 9.17) is 4.74 Å². The van der Waals surface area contributed by atoms with Crippen molar-refractivity contribution in [1.29, 1.82) is 0 Å². The Kier molecular flexibility index (Phi) is 8.18. The molecule has 9 heteroatoms. The zero-order valence-corrected chi connectivity index (χ0v) is 24.4. The molecule has 0 radical (unpaired) electrons. The molecule has 6 unspecified atom stereocenters. The maximum atomic E-state index is 13.7. The van der Waals surface area contributed by atoms with Crippen LogP contribution in [0.15, 0.2) is 35.9 Å². The third-order valence-corrected chi connectivity index (χ3v) is 10.9. The van der Waals surface area contributed by atoms with Crippen LogP contribution in [0.4, 0.5) is 0 Å². The Hall–Kier alpha value is -3.33. The quantitative estimate of drug-likeness (QED) is 0.377. The van der Waals surface area contributed by atoms with Crippen LogP contribution in [0, 0.1) is 28.6 Å². The zero-order valence-electron chi connectivity index (χ0n) is 24.4. The van der Waals surface area contributed by atoms with Gasteiger partial charge in [0.15, 0.2) is 12.4 Å². The van der Waals surface area contributed by atoms with Crippen molar-refractivity contribution in [2.24, 2.45) is 28.6 Å². The molecule has 1 aromatic rings. The molecule has 5 rings (SSSR count). The van der Waals surface area contributed by atoms with Gasteiger partial charge in [0.05, 0.1) is 6.42 Å². The largest absolute Gasteiger partial charge is 0.508 e. The number of allylic oxidation sites excluding steroid dienone is 1. The van der Waals surface area contributed by atoms with Gasteiger partial charge >= 0.3 is 5.97 Å². The van der Waals surface area contributed by atoms with Gasteiger partial charge in [-0.2, -0.15) is 0 Å². The first-order valence-corrected chi connectivity index (χ1v) is 15.1. The van der Waals surface area contributed by atoms with Crippen molar-refractivity contribution in [2.45, 2.75) is 83.7 Å². The lowest BCUT2D eigenvalue weighted by Crippen LogP contribution is -2.61. The summed E-state index contributed by atoms with van der Waals surface area (Å²) in [7, 11) is 0. The van der Waals surface area contributed by atoms with Gasteiger partial charge in [0.2, 0.25) is 11.7 Å². The summed E-state index contributed by atoms with van der Waals surface area (Å²) in [4.78, 5) is 63.7. The predicted octanol–water partition coefficient (Wildman–Crippen LogP) is 3.39. The summed E-state index contributed by atoms with van der Waals surface area (Å²) in [6.07, 6.45) is 5.52. The van der Waals surface area contributed by atoms with E-state index in [2.05, 4.69) is 12.2 Å². The topological polar surface area (TPSA) is 147 Å². The van der Waals surface area contributed by atoms with E-state index >= 15 is 0 Å². The van der Waals surface area contributed by atoms with Crippen LogP contribution in [0.1, 0.15) is 77.2 Å². The van der Waals surface area contributed by atoms with Gasteiger partial charge in [-0.1, -0.05) is 31.6 Å². The Bertz CT molecular complexity index is 1320. The second kappa shape index (κ2) is 11.4. The van der Waals surface area contributed by atoms with Crippen LogP contribution in [0.25, 0.3) is 0 Å². The number of amides is 1. The summed E-state index contributed by atoms with van der Waals surface area (Å²) in [6.45, 7) is 3.71. The van der Waals surface area contributed by atoms with Gasteiger partial charge in [0.1, 0.15) is 17.1 Å². The number of esters is 1. The summed E-state index contributed by atoms with van der Waals surface area (Å²) in [6, 6.07) is 6.68. The smallest absolute Gasteiger partial charge is 0.306 e. The Morgan fingerprint density at radius 2 is 1.76 bits per heavy atom. The summed E-state index contributed by atoms with van der Waals surface area (Å²) in [5, 5.41) is 23.8. The van der Waals surface area contributed by atoms with Crippen LogP contribution in [0.2, 0.25) is 0 Å². The Balaban J connectivity index is 1.14. The van der Waals surface area contributed by atoms with Crippen LogP contribution >= 0.6 is 0 Å². The lowest BCUT2D eigenvalue weighted by atomic mass is 9.46. The monoisotopic (exact) mass is 579 g/mol. The number of aliphatic hydroxyl groups is 1. The third-order valence-electron chi connectivity index (χ3n) is 10.9. The minimum absolute atomic E-state index is 0.0221. The molecule has 0 saturated heterocycles. The number of hydrogen-bond acceptors (Lipinski definition) is 8. The number of hydrogen-bond donors (Lipinski definition) is 3. The van der Waals surface area contributed by atoms with Crippen molar-refractivity contribution in [3.05, 3.63) is 41.5 Å². The van der Waals surface area contributed by atoms with Gasteiger partial charge in [-0.25, -0.2) is 0 Å². The fraction of sp³-hybridized carbons (Fsp3) is 0.606. The van der Waals surface area contributed by atoms with Crippen LogP contribution in [-0.4, -0.2) is 58.2 Å². The number of phenolic OH excluding ortho intramolecular Hbond substituents is 1. The number of fused-ring (bicyclic) bond motifs is 5. The molecule has 42 heavy (non-hydrogen) atoms. The number of rotatable bonds is 9. The van der Waals surface area contributed by atoms with Crippen molar-refractivity contribution in [3.63, 3.8) is 0 Å². The van der Waals surface area contributed by atoms with Crippen LogP contribution in [-0.2, 0) is 35.1 Å². The highest BCUT2D eigenvalue weighted by Crippen LogP contribution is 2.66. The molecule has 6 atom stereocenters. The first-order chi connectivity index (χ1) is 19.9. The first-order valence-electron chi connectivity index (χ1n) is 15.1. The fourth-order valence-corrected chi connectivity index (χ4v) is 8.50. The molecule has 0 spiro atoms. The second-order valence-electron chi connectivity index (χ2n) is 13.1. The molecule has 3 fully saturated rings. The van der Waals surface area contributed by atoms with Gasteiger partial charge in [-0.3, -0.25) is 24.0 Å². The molecule has 3 N–H and O–H groups in total.